The molecule has 0 unspecified atom stereocenters. The summed E-state index contributed by atoms with van der Waals surface area (Å²) in [4.78, 5) is 18.0. The zero-order valence-corrected chi connectivity index (χ0v) is 11.0. The number of nitrogens with one attached hydrogen (secondary N) is 1. The molecule has 0 saturated carbocycles. The van der Waals surface area contributed by atoms with Crippen molar-refractivity contribution in [2.45, 2.75) is 39.0 Å². The number of amides is 1. The lowest BCUT2D eigenvalue weighted by Crippen LogP contribution is -2.24. The molecule has 98 valence electrons. The molecule has 1 fully saturated rings. The summed E-state index contributed by atoms with van der Waals surface area (Å²) in [5.41, 5.74) is 0.778. The van der Waals surface area contributed by atoms with Crippen LogP contribution >= 0.6 is 0 Å². The molecule has 1 aromatic heterocycles. The molecular formula is C14H21N3O. The van der Waals surface area contributed by atoms with Gasteiger partial charge in [0, 0.05) is 19.5 Å². The summed E-state index contributed by atoms with van der Waals surface area (Å²) < 4.78 is 0. The van der Waals surface area contributed by atoms with Gasteiger partial charge in [0.15, 0.2) is 0 Å². The summed E-state index contributed by atoms with van der Waals surface area (Å²) in [6, 6.07) is 3.93. The number of carbonyl (C=O) groups excluding carboxylic acids is 1. The van der Waals surface area contributed by atoms with E-state index in [1.165, 1.54) is 25.7 Å². The van der Waals surface area contributed by atoms with Crippen molar-refractivity contribution in [2.24, 2.45) is 0 Å². The van der Waals surface area contributed by atoms with Crippen LogP contribution in [0.25, 0.3) is 0 Å². The van der Waals surface area contributed by atoms with Crippen molar-refractivity contribution in [1.82, 2.24) is 4.98 Å². The lowest BCUT2D eigenvalue weighted by molar-refractivity contribution is -0.115. The number of anilines is 2. The Balaban J connectivity index is 1.99. The van der Waals surface area contributed by atoms with Gasteiger partial charge in [-0.1, -0.05) is 19.8 Å². The maximum Gasteiger partial charge on any atom is 0.224 e. The highest BCUT2D eigenvalue weighted by molar-refractivity contribution is 5.90. The highest BCUT2D eigenvalue weighted by Gasteiger charge is 2.10. The Hall–Kier alpha value is -1.58. The zero-order valence-electron chi connectivity index (χ0n) is 11.0. The van der Waals surface area contributed by atoms with Gasteiger partial charge in [-0.05, 0) is 25.0 Å². The zero-order chi connectivity index (χ0) is 12.8. The molecule has 0 aromatic carbocycles. The number of hydrogen-bond acceptors (Lipinski definition) is 3. The van der Waals surface area contributed by atoms with E-state index in [0.717, 1.165) is 24.6 Å². The second kappa shape index (κ2) is 6.38. The van der Waals surface area contributed by atoms with Gasteiger partial charge in [0.1, 0.15) is 5.82 Å². The number of carbonyl (C=O) groups is 1. The normalized spacial score (nSPS) is 16.2. The Bertz CT molecular complexity index is 381. The standard InChI is InChI=1S/C14H21N3O/c1-2-14(18)16-12-7-8-13(15-11-12)17-9-5-3-4-6-10-17/h7-8,11H,2-6,9-10H2,1H3,(H,16,18). The molecule has 2 heterocycles. The smallest absolute Gasteiger partial charge is 0.224 e. The van der Waals surface area contributed by atoms with Crippen LogP contribution in [0.3, 0.4) is 0 Å². The second-order valence-electron chi connectivity index (χ2n) is 4.71. The Labute approximate surface area is 108 Å². The molecule has 0 aliphatic carbocycles. The fourth-order valence-electron chi connectivity index (χ4n) is 2.20. The van der Waals surface area contributed by atoms with Gasteiger partial charge in [-0.25, -0.2) is 4.98 Å². The summed E-state index contributed by atoms with van der Waals surface area (Å²) in [5, 5.41) is 2.81. The van der Waals surface area contributed by atoms with E-state index < -0.39 is 0 Å². The number of hydrogen-bond donors (Lipinski definition) is 1. The minimum Gasteiger partial charge on any atom is -0.357 e. The van der Waals surface area contributed by atoms with Gasteiger partial charge >= 0.3 is 0 Å². The van der Waals surface area contributed by atoms with Crippen LogP contribution in [0, 0.1) is 0 Å². The molecule has 2 rings (SSSR count). The van der Waals surface area contributed by atoms with E-state index in [9.17, 15) is 4.79 Å². The summed E-state index contributed by atoms with van der Waals surface area (Å²) in [6.45, 7) is 4.02. The average molecular weight is 247 g/mol. The van der Waals surface area contributed by atoms with Crippen molar-refractivity contribution >= 4 is 17.4 Å². The van der Waals surface area contributed by atoms with Gasteiger partial charge in [-0.3, -0.25) is 4.79 Å². The van der Waals surface area contributed by atoms with Crippen LogP contribution in [-0.2, 0) is 4.79 Å². The number of aromatic nitrogens is 1. The average Bonchev–Trinajstić information content (AvgIpc) is 2.68. The van der Waals surface area contributed by atoms with Crippen LogP contribution in [0.1, 0.15) is 39.0 Å². The molecule has 1 saturated heterocycles. The van der Waals surface area contributed by atoms with Crippen LogP contribution in [-0.4, -0.2) is 24.0 Å². The monoisotopic (exact) mass is 247 g/mol. The van der Waals surface area contributed by atoms with Crippen molar-refractivity contribution < 1.29 is 4.79 Å². The predicted octanol–water partition coefficient (Wildman–Crippen LogP) is 2.81. The fourth-order valence-corrected chi connectivity index (χ4v) is 2.20. The summed E-state index contributed by atoms with van der Waals surface area (Å²) >= 11 is 0. The van der Waals surface area contributed by atoms with Crippen LogP contribution in [0.2, 0.25) is 0 Å². The minimum atomic E-state index is 0.0272. The predicted molar refractivity (Wildman–Crippen MR) is 73.8 cm³/mol. The SMILES string of the molecule is CCC(=O)Nc1ccc(N2CCCCCC2)nc1. The maximum absolute atomic E-state index is 11.3. The summed E-state index contributed by atoms with van der Waals surface area (Å²) in [6.07, 6.45) is 7.37. The molecule has 0 radical (unpaired) electrons. The lowest BCUT2D eigenvalue weighted by atomic mass is 10.2. The lowest BCUT2D eigenvalue weighted by Gasteiger charge is -2.21. The molecule has 0 atom stereocenters. The summed E-state index contributed by atoms with van der Waals surface area (Å²) in [7, 11) is 0. The van der Waals surface area contributed by atoms with Crippen molar-refractivity contribution in [3.63, 3.8) is 0 Å². The topological polar surface area (TPSA) is 45.2 Å². The largest absolute Gasteiger partial charge is 0.357 e. The van der Waals surface area contributed by atoms with Gasteiger partial charge < -0.3 is 10.2 Å². The third-order valence-electron chi connectivity index (χ3n) is 3.28. The van der Waals surface area contributed by atoms with Crippen molar-refractivity contribution in [2.75, 3.05) is 23.3 Å². The fraction of sp³-hybridized carbons (Fsp3) is 0.571. The second-order valence-corrected chi connectivity index (χ2v) is 4.71. The molecule has 1 aliphatic rings. The number of rotatable bonds is 3. The Morgan fingerprint density at radius 2 is 2.00 bits per heavy atom. The van der Waals surface area contributed by atoms with Crippen LogP contribution in [0.4, 0.5) is 11.5 Å². The molecule has 4 heteroatoms. The molecule has 18 heavy (non-hydrogen) atoms. The van der Waals surface area contributed by atoms with E-state index in [0.29, 0.717) is 6.42 Å². The molecule has 0 bridgehead atoms. The van der Waals surface area contributed by atoms with E-state index in [2.05, 4.69) is 15.2 Å². The summed E-state index contributed by atoms with van der Waals surface area (Å²) in [5.74, 6) is 1.05. The number of pyridine rings is 1. The van der Waals surface area contributed by atoms with E-state index in [4.69, 9.17) is 0 Å². The molecule has 1 N–H and O–H groups in total. The van der Waals surface area contributed by atoms with E-state index in [1.54, 1.807) is 6.20 Å². The Morgan fingerprint density at radius 3 is 2.56 bits per heavy atom. The van der Waals surface area contributed by atoms with Crippen molar-refractivity contribution in [3.05, 3.63) is 18.3 Å². The first kappa shape index (κ1) is 12.9. The number of nitrogens with zero attached hydrogens (tertiary/aromatic N) is 2. The van der Waals surface area contributed by atoms with E-state index in [-0.39, 0.29) is 5.91 Å². The van der Waals surface area contributed by atoms with Gasteiger partial charge in [0.2, 0.25) is 5.91 Å². The molecule has 1 aromatic rings. The van der Waals surface area contributed by atoms with Crippen LogP contribution in [0.15, 0.2) is 18.3 Å². The van der Waals surface area contributed by atoms with Gasteiger partial charge in [-0.2, -0.15) is 0 Å². The van der Waals surface area contributed by atoms with Gasteiger partial charge in [-0.15, -0.1) is 0 Å². The molecule has 1 amide bonds. The van der Waals surface area contributed by atoms with Crippen molar-refractivity contribution in [3.8, 4) is 0 Å². The first-order valence-corrected chi connectivity index (χ1v) is 6.80. The third-order valence-corrected chi connectivity index (χ3v) is 3.28. The third kappa shape index (κ3) is 3.45. The van der Waals surface area contributed by atoms with Crippen molar-refractivity contribution in [1.29, 1.82) is 0 Å². The van der Waals surface area contributed by atoms with E-state index in [1.807, 2.05) is 19.1 Å². The first-order chi connectivity index (χ1) is 8.79. The minimum absolute atomic E-state index is 0.0272. The Morgan fingerprint density at radius 1 is 1.28 bits per heavy atom. The van der Waals surface area contributed by atoms with Crippen LogP contribution < -0.4 is 10.2 Å². The molecular weight excluding hydrogens is 226 g/mol. The van der Waals surface area contributed by atoms with Gasteiger partial charge in [0.05, 0.1) is 11.9 Å². The quantitative estimate of drug-likeness (QED) is 0.893. The molecule has 1 aliphatic heterocycles. The van der Waals surface area contributed by atoms with E-state index >= 15 is 0 Å². The highest BCUT2D eigenvalue weighted by Crippen LogP contribution is 2.18. The van der Waals surface area contributed by atoms with Gasteiger partial charge in [0.25, 0.3) is 0 Å². The Kier molecular flexibility index (Phi) is 4.56. The first-order valence-electron chi connectivity index (χ1n) is 6.80. The highest BCUT2D eigenvalue weighted by atomic mass is 16.1. The maximum atomic E-state index is 11.3. The molecule has 4 nitrogen and oxygen atoms in total. The van der Waals surface area contributed by atoms with Crippen LogP contribution in [0.5, 0.6) is 0 Å². The molecule has 0 spiro atoms.